The smallest absolute Gasteiger partial charge is 0.216 e. The van der Waals surface area contributed by atoms with Gasteiger partial charge < -0.3 is 4.42 Å². The Hall–Kier alpha value is -3.90. The van der Waals surface area contributed by atoms with Gasteiger partial charge >= 0.3 is 0 Å². The normalized spacial score (nSPS) is 15.5. The van der Waals surface area contributed by atoms with Gasteiger partial charge in [-0.3, -0.25) is 0 Å². The highest BCUT2D eigenvalue weighted by molar-refractivity contribution is 6.14. The van der Waals surface area contributed by atoms with Gasteiger partial charge in [0.15, 0.2) is 6.20 Å². The lowest BCUT2D eigenvalue weighted by Crippen LogP contribution is -2.30. The molecule has 0 atom stereocenters. The lowest BCUT2D eigenvalue weighted by molar-refractivity contribution is -0.660. The average Bonchev–Trinajstić information content (AvgIpc) is 3.68. The van der Waals surface area contributed by atoms with Crippen LogP contribution in [0.2, 0.25) is 0 Å². The summed E-state index contributed by atoms with van der Waals surface area (Å²) in [6.07, 6.45) is 10.8. The molecule has 3 heteroatoms. The number of rotatable bonds is 3. The Labute approximate surface area is 218 Å². The SMILES string of the molecule is Cc1ccc2c(oc3c(-c4ccc(C5CCCC5)c5c4CCC5)c(C#N)ccc32)c1-c1cccc[n+]1C. The Morgan fingerprint density at radius 2 is 1.59 bits per heavy atom. The van der Waals surface area contributed by atoms with E-state index in [2.05, 4.69) is 73.3 Å². The van der Waals surface area contributed by atoms with Crippen LogP contribution < -0.4 is 4.57 Å². The fourth-order valence-corrected chi connectivity index (χ4v) is 7.05. The van der Waals surface area contributed by atoms with E-state index < -0.39 is 0 Å². The Morgan fingerprint density at radius 3 is 2.38 bits per heavy atom. The molecule has 0 spiro atoms. The summed E-state index contributed by atoms with van der Waals surface area (Å²) < 4.78 is 8.97. The molecule has 2 aliphatic rings. The molecule has 1 saturated carbocycles. The molecule has 182 valence electrons. The second-order valence-electron chi connectivity index (χ2n) is 10.9. The zero-order valence-electron chi connectivity index (χ0n) is 21.6. The molecule has 0 bridgehead atoms. The Balaban J connectivity index is 1.52. The fraction of sp³-hybridized carbons (Fsp3) is 0.294. The lowest BCUT2D eigenvalue weighted by Gasteiger charge is -2.18. The third-order valence-electron chi connectivity index (χ3n) is 8.83. The first-order chi connectivity index (χ1) is 18.2. The number of pyridine rings is 1. The van der Waals surface area contributed by atoms with Crippen molar-refractivity contribution in [2.75, 3.05) is 0 Å². The number of hydrogen-bond acceptors (Lipinski definition) is 2. The largest absolute Gasteiger partial charge is 0.454 e. The topological polar surface area (TPSA) is 40.8 Å². The Morgan fingerprint density at radius 1 is 0.838 bits per heavy atom. The first-order valence-electron chi connectivity index (χ1n) is 13.6. The van der Waals surface area contributed by atoms with Gasteiger partial charge in [-0.1, -0.05) is 37.1 Å². The summed E-state index contributed by atoms with van der Waals surface area (Å²) in [7, 11) is 2.07. The Bertz CT molecular complexity index is 1740. The van der Waals surface area contributed by atoms with Gasteiger partial charge in [0.05, 0.1) is 17.2 Å². The highest BCUT2D eigenvalue weighted by Gasteiger charge is 2.28. The summed E-state index contributed by atoms with van der Waals surface area (Å²) in [5, 5.41) is 12.4. The van der Waals surface area contributed by atoms with E-state index >= 15 is 0 Å². The van der Waals surface area contributed by atoms with Crippen LogP contribution in [-0.2, 0) is 19.9 Å². The van der Waals surface area contributed by atoms with Crippen molar-refractivity contribution in [2.45, 2.75) is 57.8 Å². The zero-order valence-corrected chi connectivity index (χ0v) is 21.6. The van der Waals surface area contributed by atoms with Crippen LogP contribution in [0.15, 0.2) is 65.2 Å². The molecule has 2 aromatic heterocycles. The molecule has 3 nitrogen and oxygen atoms in total. The number of furan rings is 1. The third kappa shape index (κ3) is 3.36. The summed E-state index contributed by atoms with van der Waals surface area (Å²) >= 11 is 0. The minimum absolute atomic E-state index is 0.692. The fourth-order valence-electron chi connectivity index (χ4n) is 7.05. The summed E-state index contributed by atoms with van der Waals surface area (Å²) in [6.45, 7) is 2.14. The number of aromatic nitrogens is 1. The van der Waals surface area contributed by atoms with E-state index in [-0.39, 0.29) is 0 Å². The van der Waals surface area contributed by atoms with E-state index in [4.69, 9.17) is 4.42 Å². The summed E-state index contributed by atoms with van der Waals surface area (Å²) in [6, 6.07) is 21.8. The predicted molar refractivity (Wildman–Crippen MR) is 148 cm³/mol. The zero-order chi connectivity index (χ0) is 25.1. The van der Waals surface area contributed by atoms with Gasteiger partial charge in [0.2, 0.25) is 5.69 Å². The molecule has 1 fully saturated rings. The second kappa shape index (κ2) is 8.60. The molecule has 0 N–H and O–H groups in total. The van der Waals surface area contributed by atoms with E-state index in [9.17, 15) is 5.26 Å². The van der Waals surface area contributed by atoms with Gasteiger partial charge in [0, 0.05) is 28.5 Å². The van der Waals surface area contributed by atoms with Gasteiger partial charge in [0.1, 0.15) is 18.2 Å². The maximum absolute atomic E-state index is 10.2. The van der Waals surface area contributed by atoms with E-state index in [0.717, 1.165) is 51.6 Å². The highest BCUT2D eigenvalue weighted by Crippen LogP contribution is 2.46. The first kappa shape index (κ1) is 22.3. The molecule has 2 aliphatic carbocycles. The van der Waals surface area contributed by atoms with Crippen molar-refractivity contribution < 1.29 is 8.98 Å². The van der Waals surface area contributed by atoms with E-state index in [0.29, 0.717) is 11.5 Å². The van der Waals surface area contributed by atoms with Crippen molar-refractivity contribution in [2.24, 2.45) is 7.05 Å². The van der Waals surface area contributed by atoms with Gasteiger partial charge in [-0.2, -0.15) is 5.26 Å². The van der Waals surface area contributed by atoms with Crippen LogP contribution in [0.3, 0.4) is 0 Å². The van der Waals surface area contributed by atoms with Crippen LogP contribution in [-0.4, -0.2) is 0 Å². The number of aryl methyl sites for hydroxylation is 2. The van der Waals surface area contributed by atoms with Crippen molar-refractivity contribution in [3.8, 4) is 28.5 Å². The average molecular weight is 484 g/mol. The second-order valence-corrected chi connectivity index (χ2v) is 10.9. The van der Waals surface area contributed by atoms with Crippen molar-refractivity contribution in [3.05, 3.63) is 88.6 Å². The molecular formula is C34H31N2O+. The third-order valence-corrected chi connectivity index (χ3v) is 8.83. The number of benzene rings is 3. The van der Waals surface area contributed by atoms with Crippen molar-refractivity contribution in [3.63, 3.8) is 0 Å². The molecular weight excluding hydrogens is 452 g/mol. The molecule has 0 aliphatic heterocycles. The molecule has 3 aromatic carbocycles. The molecule has 0 saturated heterocycles. The van der Waals surface area contributed by atoms with Crippen LogP contribution in [0, 0.1) is 18.3 Å². The summed E-state index contributed by atoms with van der Waals surface area (Å²) in [5.74, 6) is 0.704. The van der Waals surface area contributed by atoms with Crippen LogP contribution in [0.5, 0.6) is 0 Å². The Kier molecular flexibility index (Phi) is 5.18. The minimum atomic E-state index is 0.692. The number of nitriles is 1. The predicted octanol–water partition coefficient (Wildman–Crippen LogP) is 8.07. The minimum Gasteiger partial charge on any atom is -0.454 e. The van der Waals surface area contributed by atoms with E-state index in [1.807, 2.05) is 12.1 Å². The monoisotopic (exact) mass is 483 g/mol. The highest BCUT2D eigenvalue weighted by atomic mass is 16.3. The van der Waals surface area contributed by atoms with Gasteiger partial charge in [-0.15, -0.1) is 0 Å². The first-order valence-corrected chi connectivity index (χ1v) is 13.6. The van der Waals surface area contributed by atoms with Crippen LogP contribution in [0.25, 0.3) is 44.3 Å². The molecule has 5 aromatic rings. The maximum atomic E-state index is 10.2. The molecule has 0 amide bonds. The number of fused-ring (bicyclic) bond motifs is 4. The van der Waals surface area contributed by atoms with Crippen LogP contribution in [0.1, 0.15) is 65.8 Å². The quantitative estimate of drug-likeness (QED) is 0.243. The van der Waals surface area contributed by atoms with Gasteiger partial charge in [-0.05, 0) is 91.0 Å². The maximum Gasteiger partial charge on any atom is 0.216 e. The summed E-state index contributed by atoms with van der Waals surface area (Å²) in [4.78, 5) is 0. The van der Waals surface area contributed by atoms with E-state index in [1.54, 1.807) is 11.1 Å². The lowest BCUT2D eigenvalue weighted by atomic mass is 9.86. The molecule has 37 heavy (non-hydrogen) atoms. The molecule has 7 rings (SSSR count). The van der Waals surface area contributed by atoms with Crippen molar-refractivity contribution in [1.29, 1.82) is 5.26 Å². The van der Waals surface area contributed by atoms with E-state index in [1.165, 1.54) is 48.8 Å². The molecule has 0 radical (unpaired) electrons. The standard InChI is InChI=1S/C34H31N2O/c1-21-13-15-28-29-16-14-23(20-35)32(34(29)37-33(28)31(21)30-12-5-6-19-36(30)2)27-18-17-24(22-8-3-4-9-22)25-10-7-11-26(25)27/h5-6,12-19,22H,3-4,7-11H2,1-2H3/q+1. The van der Waals surface area contributed by atoms with Crippen LogP contribution in [0.4, 0.5) is 0 Å². The molecule has 2 heterocycles. The number of nitrogens with zero attached hydrogens (tertiary/aromatic N) is 2. The molecule has 0 unspecified atom stereocenters. The van der Waals surface area contributed by atoms with Crippen molar-refractivity contribution >= 4 is 21.9 Å². The van der Waals surface area contributed by atoms with Gasteiger partial charge in [0.25, 0.3) is 0 Å². The number of hydrogen-bond donors (Lipinski definition) is 0. The van der Waals surface area contributed by atoms with Crippen molar-refractivity contribution in [1.82, 2.24) is 0 Å². The summed E-state index contributed by atoms with van der Waals surface area (Å²) in [5.41, 5.74) is 12.6. The van der Waals surface area contributed by atoms with Gasteiger partial charge in [-0.25, -0.2) is 4.57 Å². The van der Waals surface area contributed by atoms with Crippen LogP contribution >= 0.6 is 0 Å².